The molecule has 1 aromatic heterocycles. The third-order valence-electron chi connectivity index (χ3n) is 3.72. The average molecular weight is 405 g/mol. The van der Waals surface area contributed by atoms with E-state index in [1.165, 1.54) is 23.5 Å². The summed E-state index contributed by atoms with van der Waals surface area (Å²) < 4.78 is 18.5. The van der Waals surface area contributed by atoms with Gasteiger partial charge in [-0.05, 0) is 48.4 Å². The van der Waals surface area contributed by atoms with Crippen LogP contribution in [0.25, 0.3) is 0 Å². The molecule has 0 unspecified atom stereocenters. The molecule has 140 valence electrons. The molecule has 0 bridgehead atoms. The molecule has 3 aromatic rings. The maximum absolute atomic E-state index is 12.9. The first kappa shape index (κ1) is 19.3. The van der Waals surface area contributed by atoms with Gasteiger partial charge < -0.3 is 10.1 Å². The SMILES string of the molecule is O=C(CCCOc1ccc(Cl)cc1)Nc1ncc(Cc2ccc(F)cc2)s1. The highest BCUT2D eigenvalue weighted by atomic mass is 35.5. The summed E-state index contributed by atoms with van der Waals surface area (Å²) in [6.45, 7) is 0.447. The van der Waals surface area contributed by atoms with E-state index in [0.29, 0.717) is 36.0 Å². The minimum atomic E-state index is -0.254. The van der Waals surface area contributed by atoms with Gasteiger partial charge in [0.2, 0.25) is 5.91 Å². The van der Waals surface area contributed by atoms with Gasteiger partial charge in [0.1, 0.15) is 11.6 Å². The molecule has 3 rings (SSSR count). The van der Waals surface area contributed by atoms with Crippen LogP contribution in [0.1, 0.15) is 23.3 Å². The van der Waals surface area contributed by atoms with Gasteiger partial charge in [-0.2, -0.15) is 0 Å². The number of amides is 1. The molecule has 4 nitrogen and oxygen atoms in total. The van der Waals surface area contributed by atoms with Crippen LogP contribution in [0.4, 0.5) is 9.52 Å². The Morgan fingerprint density at radius 1 is 1.15 bits per heavy atom. The van der Waals surface area contributed by atoms with E-state index in [4.69, 9.17) is 16.3 Å². The highest BCUT2D eigenvalue weighted by Crippen LogP contribution is 2.21. The van der Waals surface area contributed by atoms with Gasteiger partial charge in [0, 0.05) is 28.9 Å². The first-order chi connectivity index (χ1) is 13.1. The molecule has 0 atom stereocenters. The molecule has 1 heterocycles. The van der Waals surface area contributed by atoms with Gasteiger partial charge in [-0.15, -0.1) is 11.3 Å². The van der Waals surface area contributed by atoms with E-state index in [-0.39, 0.29) is 11.7 Å². The topological polar surface area (TPSA) is 51.2 Å². The zero-order chi connectivity index (χ0) is 19.1. The number of thiazole rings is 1. The van der Waals surface area contributed by atoms with E-state index in [9.17, 15) is 9.18 Å². The average Bonchev–Trinajstić information content (AvgIpc) is 3.09. The maximum Gasteiger partial charge on any atom is 0.226 e. The van der Waals surface area contributed by atoms with Crippen LogP contribution in [0, 0.1) is 5.82 Å². The zero-order valence-corrected chi connectivity index (χ0v) is 16.0. The number of nitrogens with zero attached hydrogens (tertiary/aromatic N) is 1. The Balaban J connectivity index is 1.39. The predicted molar refractivity (Wildman–Crippen MR) is 106 cm³/mol. The molecule has 0 radical (unpaired) electrons. The Labute approximate surface area is 166 Å². The zero-order valence-electron chi connectivity index (χ0n) is 14.5. The van der Waals surface area contributed by atoms with Crippen LogP contribution in [-0.4, -0.2) is 17.5 Å². The van der Waals surface area contributed by atoms with E-state index in [1.54, 1.807) is 42.6 Å². The summed E-state index contributed by atoms with van der Waals surface area (Å²) in [5, 5.41) is 4.02. The first-order valence-electron chi connectivity index (χ1n) is 8.46. The molecular weight excluding hydrogens is 387 g/mol. The Morgan fingerprint density at radius 2 is 1.89 bits per heavy atom. The molecular formula is C20H18ClFN2O2S. The van der Waals surface area contributed by atoms with Crippen molar-refractivity contribution in [3.63, 3.8) is 0 Å². The normalized spacial score (nSPS) is 10.6. The third-order valence-corrected chi connectivity index (χ3v) is 4.89. The largest absolute Gasteiger partial charge is 0.494 e. The number of hydrogen-bond acceptors (Lipinski definition) is 4. The van der Waals surface area contributed by atoms with E-state index < -0.39 is 0 Å². The molecule has 2 aromatic carbocycles. The lowest BCUT2D eigenvalue weighted by Gasteiger charge is -2.06. The summed E-state index contributed by atoms with van der Waals surface area (Å²) in [6.07, 6.45) is 3.33. The standard InChI is InChI=1S/C20H18ClFN2O2S/c21-15-5-9-17(10-6-15)26-11-1-2-19(25)24-20-23-13-18(27-20)12-14-3-7-16(22)8-4-14/h3-10,13H,1-2,11-12H2,(H,23,24,25). The lowest BCUT2D eigenvalue weighted by atomic mass is 10.1. The monoisotopic (exact) mass is 404 g/mol. The van der Waals surface area contributed by atoms with Gasteiger partial charge in [0.15, 0.2) is 5.13 Å². The fraction of sp³-hybridized carbons (Fsp3) is 0.200. The smallest absolute Gasteiger partial charge is 0.226 e. The van der Waals surface area contributed by atoms with Crippen LogP contribution >= 0.6 is 22.9 Å². The number of benzene rings is 2. The molecule has 0 saturated heterocycles. The lowest BCUT2D eigenvalue weighted by molar-refractivity contribution is -0.116. The minimum absolute atomic E-state index is 0.0996. The van der Waals surface area contributed by atoms with Crippen molar-refractivity contribution >= 4 is 34.0 Å². The second kappa shape index (κ2) is 9.48. The van der Waals surface area contributed by atoms with Crippen LogP contribution in [-0.2, 0) is 11.2 Å². The molecule has 0 saturated carbocycles. The molecule has 0 spiro atoms. The summed E-state index contributed by atoms with van der Waals surface area (Å²) in [4.78, 5) is 17.2. The van der Waals surface area contributed by atoms with Crippen LogP contribution in [0.15, 0.2) is 54.7 Å². The number of ether oxygens (including phenoxy) is 1. The molecule has 7 heteroatoms. The van der Waals surface area contributed by atoms with Crippen LogP contribution < -0.4 is 10.1 Å². The Kier molecular flexibility index (Phi) is 6.79. The van der Waals surface area contributed by atoms with Gasteiger partial charge >= 0.3 is 0 Å². The Bertz CT molecular complexity index is 882. The van der Waals surface area contributed by atoms with Crippen LogP contribution in [0.3, 0.4) is 0 Å². The fourth-order valence-electron chi connectivity index (χ4n) is 2.39. The minimum Gasteiger partial charge on any atom is -0.494 e. The molecule has 0 aliphatic heterocycles. The van der Waals surface area contributed by atoms with Crippen molar-refractivity contribution in [3.05, 3.63) is 76.0 Å². The van der Waals surface area contributed by atoms with Gasteiger partial charge in [0.05, 0.1) is 6.61 Å². The van der Waals surface area contributed by atoms with E-state index >= 15 is 0 Å². The van der Waals surface area contributed by atoms with Gasteiger partial charge in [-0.25, -0.2) is 9.37 Å². The number of carbonyl (C=O) groups is 1. The quantitative estimate of drug-likeness (QED) is 0.516. The summed E-state index contributed by atoms with van der Waals surface area (Å²) in [7, 11) is 0. The van der Waals surface area contributed by atoms with Crippen LogP contribution in [0.5, 0.6) is 5.75 Å². The van der Waals surface area contributed by atoms with Crippen molar-refractivity contribution in [1.82, 2.24) is 4.98 Å². The molecule has 0 aliphatic carbocycles. The molecule has 1 N–H and O–H groups in total. The van der Waals surface area contributed by atoms with Crippen LogP contribution in [0.2, 0.25) is 5.02 Å². The second-order valence-corrected chi connectivity index (χ2v) is 7.44. The summed E-state index contributed by atoms with van der Waals surface area (Å²) in [6, 6.07) is 13.5. The number of halogens is 2. The van der Waals surface area contributed by atoms with Gasteiger partial charge in [0.25, 0.3) is 0 Å². The first-order valence-corrected chi connectivity index (χ1v) is 9.65. The van der Waals surface area contributed by atoms with E-state index in [2.05, 4.69) is 10.3 Å². The Hall–Kier alpha value is -2.44. The summed E-state index contributed by atoms with van der Waals surface area (Å²) in [5.74, 6) is 0.374. The highest BCUT2D eigenvalue weighted by Gasteiger charge is 2.08. The number of nitrogens with one attached hydrogen (secondary N) is 1. The summed E-state index contributed by atoms with van der Waals surface area (Å²) >= 11 is 7.23. The second-order valence-electron chi connectivity index (χ2n) is 5.89. The predicted octanol–water partition coefficient (Wildman–Crippen LogP) is 5.32. The number of carbonyl (C=O) groups excluding carboxylic acids is 1. The van der Waals surface area contributed by atoms with Crippen molar-refractivity contribution in [2.24, 2.45) is 0 Å². The third kappa shape index (κ3) is 6.34. The van der Waals surface area contributed by atoms with Crippen molar-refractivity contribution in [2.75, 3.05) is 11.9 Å². The summed E-state index contributed by atoms with van der Waals surface area (Å²) in [5.41, 5.74) is 0.997. The van der Waals surface area contributed by atoms with E-state index in [0.717, 1.165) is 16.2 Å². The van der Waals surface area contributed by atoms with Gasteiger partial charge in [-0.3, -0.25) is 4.79 Å². The fourth-order valence-corrected chi connectivity index (χ4v) is 3.37. The molecule has 27 heavy (non-hydrogen) atoms. The number of hydrogen-bond donors (Lipinski definition) is 1. The lowest BCUT2D eigenvalue weighted by Crippen LogP contribution is -2.12. The maximum atomic E-state index is 12.9. The van der Waals surface area contributed by atoms with Gasteiger partial charge in [-0.1, -0.05) is 23.7 Å². The Morgan fingerprint density at radius 3 is 2.63 bits per heavy atom. The molecule has 0 fully saturated rings. The van der Waals surface area contributed by atoms with E-state index in [1.807, 2.05) is 0 Å². The van der Waals surface area contributed by atoms with Crippen molar-refractivity contribution < 1.29 is 13.9 Å². The molecule has 1 amide bonds. The molecule has 0 aliphatic rings. The van der Waals surface area contributed by atoms with Crippen molar-refractivity contribution in [3.8, 4) is 5.75 Å². The van der Waals surface area contributed by atoms with Crippen molar-refractivity contribution in [1.29, 1.82) is 0 Å². The highest BCUT2D eigenvalue weighted by molar-refractivity contribution is 7.15. The number of anilines is 1. The number of aromatic nitrogens is 1. The number of rotatable bonds is 8. The van der Waals surface area contributed by atoms with Crippen molar-refractivity contribution in [2.45, 2.75) is 19.3 Å².